The van der Waals surface area contributed by atoms with Crippen molar-refractivity contribution in [3.05, 3.63) is 53.0 Å². The van der Waals surface area contributed by atoms with Gasteiger partial charge >= 0.3 is 0 Å². The Kier molecular flexibility index (Phi) is 3.59. The van der Waals surface area contributed by atoms with Gasteiger partial charge in [-0.3, -0.25) is 0 Å². The first kappa shape index (κ1) is 14.3. The third-order valence-corrected chi connectivity index (χ3v) is 4.17. The van der Waals surface area contributed by atoms with Crippen LogP contribution in [0.15, 0.2) is 47.2 Å². The van der Waals surface area contributed by atoms with Gasteiger partial charge in [-0.25, -0.2) is 19.5 Å². The Morgan fingerprint density at radius 1 is 1.13 bits per heavy atom. The molecule has 23 heavy (non-hydrogen) atoms. The monoisotopic (exact) mass is 373 g/mol. The fourth-order valence-corrected chi connectivity index (χ4v) is 3.06. The summed E-state index contributed by atoms with van der Waals surface area (Å²) in [4.78, 5) is 4.18. The Morgan fingerprint density at radius 3 is 2.74 bits per heavy atom. The van der Waals surface area contributed by atoms with Crippen molar-refractivity contribution in [2.24, 2.45) is 0 Å². The van der Waals surface area contributed by atoms with Crippen LogP contribution >= 0.6 is 15.9 Å². The summed E-state index contributed by atoms with van der Waals surface area (Å²) in [7, 11) is 0. The first-order valence-electron chi connectivity index (χ1n) is 7.20. The van der Waals surface area contributed by atoms with Crippen LogP contribution in [0.1, 0.15) is 0 Å². The van der Waals surface area contributed by atoms with Crippen molar-refractivity contribution >= 4 is 21.7 Å². The highest BCUT2D eigenvalue weighted by atomic mass is 79.9. The Hall–Kier alpha value is -2.25. The van der Waals surface area contributed by atoms with Crippen LogP contribution < -0.4 is 10.9 Å². The fraction of sp³-hybridized carbons (Fsp3) is 0.125. The topological polar surface area (TPSA) is 54.8 Å². The zero-order valence-corrected chi connectivity index (χ0v) is 13.6. The second kappa shape index (κ2) is 5.75. The van der Waals surface area contributed by atoms with E-state index in [1.807, 2.05) is 16.8 Å². The highest BCUT2D eigenvalue weighted by Crippen LogP contribution is 2.38. The molecular formula is C16H13BrFN5. The average molecular weight is 374 g/mol. The minimum absolute atomic E-state index is 0.259. The summed E-state index contributed by atoms with van der Waals surface area (Å²) in [5.74, 6) is 0.638. The summed E-state index contributed by atoms with van der Waals surface area (Å²) in [6.07, 6.45) is 1.74. The van der Waals surface area contributed by atoms with Crippen molar-refractivity contribution < 1.29 is 4.39 Å². The molecule has 116 valence electrons. The zero-order valence-electron chi connectivity index (χ0n) is 12.1. The van der Waals surface area contributed by atoms with Crippen LogP contribution in [0.5, 0.6) is 0 Å². The number of pyridine rings is 1. The molecule has 0 amide bonds. The van der Waals surface area contributed by atoms with E-state index in [0.29, 0.717) is 0 Å². The number of hydrogen-bond acceptors (Lipinski definition) is 4. The molecule has 2 aromatic heterocycles. The molecule has 0 unspecified atom stereocenters. The predicted molar refractivity (Wildman–Crippen MR) is 90.2 cm³/mol. The zero-order chi connectivity index (χ0) is 15.8. The lowest BCUT2D eigenvalue weighted by Gasteiger charge is -2.18. The van der Waals surface area contributed by atoms with E-state index in [0.717, 1.165) is 45.9 Å². The van der Waals surface area contributed by atoms with E-state index < -0.39 is 0 Å². The smallest absolute Gasteiger partial charge is 0.147 e. The Bertz CT molecular complexity index is 859. The molecule has 0 radical (unpaired) electrons. The van der Waals surface area contributed by atoms with Crippen molar-refractivity contribution in [3.63, 3.8) is 0 Å². The number of anilines is 1. The standard InChI is InChI=1S/C16H13BrFN5/c17-13-9-11(5-6-19-13)14-15(10-1-3-12(18)4-2-10)22-23-8-7-20-21-16(14)23/h1-6,9,20-21H,7-8H2. The van der Waals surface area contributed by atoms with Gasteiger partial charge in [0.1, 0.15) is 21.9 Å². The molecule has 4 rings (SSSR count). The summed E-state index contributed by atoms with van der Waals surface area (Å²) in [6.45, 7) is 1.56. The van der Waals surface area contributed by atoms with Crippen LogP contribution in [0.3, 0.4) is 0 Å². The third kappa shape index (κ3) is 2.62. The van der Waals surface area contributed by atoms with Crippen LogP contribution in [0.25, 0.3) is 22.4 Å². The van der Waals surface area contributed by atoms with Crippen LogP contribution in [0, 0.1) is 5.82 Å². The highest BCUT2D eigenvalue weighted by molar-refractivity contribution is 9.10. The van der Waals surface area contributed by atoms with E-state index in [1.165, 1.54) is 12.1 Å². The predicted octanol–water partition coefficient (Wildman–Crippen LogP) is 3.44. The molecule has 0 bridgehead atoms. The molecule has 1 aliphatic heterocycles. The van der Waals surface area contributed by atoms with Gasteiger partial charge in [0, 0.05) is 18.3 Å². The van der Waals surface area contributed by atoms with Gasteiger partial charge in [0.15, 0.2) is 0 Å². The van der Waals surface area contributed by atoms with Crippen molar-refractivity contribution in [3.8, 4) is 22.4 Å². The van der Waals surface area contributed by atoms with Crippen molar-refractivity contribution in [2.45, 2.75) is 6.54 Å². The molecule has 1 aromatic carbocycles. The van der Waals surface area contributed by atoms with Crippen molar-refractivity contribution in [1.29, 1.82) is 0 Å². The number of nitrogens with zero attached hydrogens (tertiary/aromatic N) is 3. The first-order chi connectivity index (χ1) is 11.2. The van der Waals surface area contributed by atoms with Crippen LogP contribution in [0.2, 0.25) is 0 Å². The maximum atomic E-state index is 13.2. The van der Waals surface area contributed by atoms with E-state index in [9.17, 15) is 4.39 Å². The van der Waals surface area contributed by atoms with E-state index in [4.69, 9.17) is 5.10 Å². The Balaban J connectivity index is 1.95. The highest BCUT2D eigenvalue weighted by Gasteiger charge is 2.22. The van der Waals surface area contributed by atoms with Gasteiger partial charge in [-0.05, 0) is 57.9 Å². The van der Waals surface area contributed by atoms with Crippen molar-refractivity contribution in [1.82, 2.24) is 20.2 Å². The SMILES string of the molecule is Fc1ccc(-c2nn3c(c2-c2ccnc(Br)c2)NNCC3)cc1. The molecule has 0 fully saturated rings. The molecule has 0 aliphatic carbocycles. The van der Waals surface area contributed by atoms with Crippen LogP contribution in [-0.4, -0.2) is 21.3 Å². The van der Waals surface area contributed by atoms with Gasteiger partial charge in [-0.2, -0.15) is 5.10 Å². The number of hydrazine groups is 1. The average Bonchev–Trinajstić information content (AvgIpc) is 2.95. The molecule has 0 spiro atoms. The molecule has 7 heteroatoms. The van der Waals surface area contributed by atoms with E-state index in [2.05, 4.69) is 31.8 Å². The minimum atomic E-state index is -0.259. The normalized spacial score (nSPS) is 13.5. The summed E-state index contributed by atoms with van der Waals surface area (Å²) in [5.41, 5.74) is 9.97. The minimum Gasteiger partial charge on any atom is -0.305 e. The Labute approximate surface area is 140 Å². The molecule has 2 N–H and O–H groups in total. The molecule has 0 saturated carbocycles. The lowest BCUT2D eigenvalue weighted by Crippen LogP contribution is -2.33. The fourth-order valence-electron chi connectivity index (χ4n) is 2.70. The van der Waals surface area contributed by atoms with Gasteiger partial charge in [-0.15, -0.1) is 0 Å². The van der Waals surface area contributed by atoms with Crippen LogP contribution in [-0.2, 0) is 6.54 Å². The van der Waals surface area contributed by atoms with Gasteiger partial charge < -0.3 is 5.43 Å². The maximum absolute atomic E-state index is 13.2. The molecule has 0 saturated heterocycles. The molecule has 0 atom stereocenters. The third-order valence-electron chi connectivity index (χ3n) is 3.74. The second-order valence-corrected chi connectivity index (χ2v) is 6.03. The van der Waals surface area contributed by atoms with Gasteiger partial charge in [0.2, 0.25) is 0 Å². The molecular weight excluding hydrogens is 361 g/mol. The number of benzene rings is 1. The summed E-state index contributed by atoms with van der Waals surface area (Å²) < 4.78 is 15.9. The van der Waals surface area contributed by atoms with Crippen molar-refractivity contribution in [2.75, 3.05) is 12.0 Å². The van der Waals surface area contributed by atoms with E-state index >= 15 is 0 Å². The van der Waals surface area contributed by atoms with Gasteiger partial charge in [-0.1, -0.05) is 0 Å². The Morgan fingerprint density at radius 2 is 1.96 bits per heavy atom. The number of hydrogen-bond donors (Lipinski definition) is 2. The lowest BCUT2D eigenvalue weighted by atomic mass is 10.0. The number of aromatic nitrogens is 3. The van der Waals surface area contributed by atoms with Gasteiger partial charge in [0.25, 0.3) is 0 Å². The number of nitrogens with one attached hydrogen (secondary N) is 2. The van der Waals surface area contributed by atoms with E-state index in [-0.39, 0.29) is 5.82 Å². The molecule has 5 nitrogen and oxygen atoms in total. The number of fused-ring (bicyclic) bond motifs is 1. The lowest BCUT2D eigenvalue weighted by molar-refractivity contribution is 0.547. The van der Waals surface area contributed by atoms with Gasteiger partial charge in [0.05, 0.1) is 12.1 Å². The van der Waals surface area contributed by atoms with Crippen LogP contribution in [0.4, 0.5) is 10.2 Å². The molecule has 1 aliphatic rings. The summed E-state index contributed by atoms with van der Waals surface area (Å²) in [6, 6.07) is 10.3. The number of rotatable bonds is 2. The summed E-state index contributed by atoms with van der Waals surface area (Å²) >= 11 is 3.41. The first-order valence-corrected chi connectivity index (χ1v) is 7.99. The second-order valence-electron chi connectivity index (χ2n) is 5.22. The maximum Gasteiger partial charge on any atom is 0.147 e. The van der Waals surface area contributed by atoms with E-state index in [1.54, 1.807) is 18.3 Å². The quantitative estimate of drug-likeness (QED) is 0.675. The molecule has 3 heterocycles. The largest absolute Gasteiger partial charge is 0.305 e. The molecule has 3 aromatic rings. The summed E-state index contributed by atoms with van der Waals surface area (Å²) in [5, 5.41) is 4.71. The number of halogens is 2.